The fraction of sp³-hybridized carbons (Fsp3) is 0.0667. The summed E-state index contributed by atoms with van der Waals surface area (Å²) in [5, 5.41) is 8.53. The molecule has 40 heavy (non-hydrogen) atoms. The number of nitrogens with zero attached hydrogens (tertiary/aromatic N) is 1. The molecule has 1 heterocycles. The third kappa shape index (κ3) is 7.42. The van der Waals surface area contributed by atoms with Crippen LogP contribution in [-0.2, 0) is 4.79 Å². The maximum atomic E-state index is 12.9. The van der Waals surface area contributed by atoms with Crippen LogP contribution < -0.4 is 25.0 Å². The molecule has 0 saturated carbocycles. The summed E-state index contributed by atoms with van der Waals surface area (Å²) in [5.74, 6) is -0.575. The zero-order valence-electron chi connectivity index (χ0n) is 21.6. The lowest BCUT2D eigenvalue weighted by Gasteiger charge is -2.10. The van der Waals surface area contributed by atoms with Crippen molar-refractivity contribution in [2.75, 3.05) is 14.2 Å². The van der Waals surface area contributed by atoms with Crippen molar-refractivity contribution in [3.8, 4) is 17.2 Å². The maximum Gasteiger partial charge on any atom is 0.343 e. The van der Waals surface area contributed by atoms with Crippen LogP contribution in [-0.4, -0.2) is 38.2 Å². The molecular formula is C30H25N3O6S. The van der Waals surface area contributed by atoms with Gasteiger partial charge < -0.3 is 19.5 Å². The standard InChI is InChI=1S/C30H25N3O6S/c1-37-23-11-6-10-22(17-23)30(36)39-26-14-13-20(16-27(26)38-2)19-31-33-29(35)25(18-24-12-7-15-40-24)32-28(34)21-8-4-3-5-9-21/h3-19H,1-2H3,(H,32,34)(H,33,35)/b25-18+,31-19+. The minimum atomic E-state index is -0.607. The number of methoxy groups -OCH3 is 2. The van der Waals surface area contributed by atoms with Crippen LogP contribution in [0.5, 0.6) is 17.2 Å². The largest absolute Gasteiger partial charge is 0.497 e. The Hall–Kier alpha value is -5.22. The lowest BCUT2D eigenvalue weighted by atomic mass is 10.2. The van der Waals surface area contributed by atoms with Gasteiger partial charge in [0.1, 0.15) is 11.4 Å². The van der Waals surface area contributed by atoms with E-state index in [0.717, 1.165) is 4.88 Å². The fourth-order valence-corrected chi connectivity index (χ4v) is 4.10. The molecule has 10 heteroatoms. The number of carbonyl (C=O) groups is 3. The second-order valence-corrected chi connectivity index (χ2v) is 9.10. The monoisotopic (exact) mass is 555 g/mol. The van der Waals surface area contributed by atoms with Gasteiger partial charge in [0.25, 0.3) is 11.8 Å². The fourth-order valence-electron chi connectivity index (χ4n) is 3.44. The number of benzene rings is 3. The van der Waals surface area contributed by atoms with Crippen molar-refractivity contribution in [1.82, 2.24) is 10.7 Å². The Morgan fingerprint density at radius 2 is 1.62 bits per heavy atom. The van der Waals surface area contributed by atoms with Crippen LogP contribution in [0.25, 0.3) is 6.08 Å². The van der Waals surface area contributed by atoms with Crippen LogP contribution in [0.3, 0.4) is 0 Å². The maximum absolute atomic E-state index is 12.9. The topological polar surface area (TPSA) is 115 Å². The molecule has 2 amide bonds. The quantitative estimate of drug-likeness (QED) is 0.0945. The second kappa shape index (κ2) is 13.5. The molecule has 0 fully saturated rings. The van der Waals surface area contributed by atoms with Gasteiger partial charge in [-0.05, 0) is 71.6 Å². The molecule has 1 aromatic heterocycles. The van der Waals surface area contributed by atoms with Crippen LogP contribution in [0.2, 0.25) is 0 Å². The first-order valence-electron chi connectivity index (χ1n) is 12.0. The SMILES string of the molecule is COc1cccc(C(=O)Oc2ccc(/C=N/NC(=O)/C(=C\c3cccs3)NC(=O)c3ccccc3)cc2OC)c1. The Bertz CT molecular complexity index is 1550. The van der Waals surface area contributed by atoms with E-state index in [1.54, 1.807) is 78.9 Å². The van der Waals surface area contributed by atoms with E-state index in [1.807, 2.05) is 17.5 Å². The highest BCUT2D eigenvalue weighted by atomic mass is 32.1. The summed E-state index contributed by atoms with van der Waals surface area (Å²) in [6.07, 6.45) is 2.97. The van der Waals surface area contributed by atoms with E-state index < -0.39 is 17.8 Å². The van der Waals surface area contributed by atoms with Crippen molar-refractivity contribution in [3.05, 3.63) is 118 Å². The van der Waals surface area contributed by atoms with Gasteiger partial charge in [-0.2, -0.15) is 5.10 Å². The summed E-state index contributed by atoms with van der Waals surface area (Å²) in [5.41, 5.74) is 3.76. The summed E-state index contributed by atoms with van der Waals surface area (Å²) in [6.45, 7) is 0. The highest BCUT2D eigenvalue weighted by Crippen LogP contribution is 2.28. The molecule has 0 atom stereocenters. The predicted molar refractivity (Wildman–Crippen MR) is 153 cm³/mol. The van der Waals surface area contributed by atoms with E-state index in [0.29, 0.717) is 28.2 Å². The van der Waals surface area contributed by atoms with Crippen molar-refractivity contribution < 1.29 is 28.6 Å². The molecule has 0 spiro atoms. The third-order valence-electron chi connectivity index (χ3n) is 5.43. The summed E-state index contributed by atoms with van der Waals surface area (Å²) in [4.78, 5) is 38.9. The first-order chi connectivity index (χ1) is 19.5. The van der Waals surface area contributed by atoms with Gasteiger partial charge in [0.15, 0.2) is 11.5 Å². The molecule has 202 valence electrons. The number of carbonyl (C=O) groups excluding carboxylic acids is 3. The average molecular weight is 556 g/mol. The molecule has 0 aliphatic heterocycles. The van der Waals surface area contributed by atoms with Crippen molar-refractivity contribution >= 4 is 41.4 Å². The zero-order chi connectivity index (χ0) is 28.3. The number of thiophene rings is 1. The van der Waals surface area contributed by atoms with E-state index in [9.17, 15) is 14.4 Å². The minimum Gasteiger partial charge on any atom is -0.497 e. The molecule has 9 nitrogen and oxygen atoms in total. The number of nitrogens with one attached hydrogen (secondary N) is 2. The summed E-state index contributed by atoms with van der Waals surface area (Å²) >= 11 is 1.42. The predicted octanol–water partition coefficient (Wildman–Crippen LogP) is 4.91. The Balaban J connectivity index is 1.44. The molecule has 4 rings (SSSR count). The van der Waals surface area contributed by atoms with E-state index in [2.05, 4.69) is 15.8 Å². The normalized spacial score (nSPS) is 11.1. The van der Waals surface area contributed by atoms with E-state index in [-0.39, 0.29) is 11.4 Å². The summed E-state index contributed by atoms with van der Waals surface area (Å²) in [6, 6.07) is 23.6. The summed E-state index contributed by atoms with van der Waals surface area (Å²) < 4.78 is 16.0. The zero-order valence-corrected chi connectivity index (χ0v) is 22.4. The number of esters is 1. The van der Waals surface area contributed by atoms with Gasteiger partial charge in [0, 0.05) is 10.4 Å². The van der Waals surface area contributed by atoms with Crippen molar-refractivity contribution in [3.63, 3.8) is 0 Å². The Morgan fingerprint density at radius 1 is 0.825 bits per heavy atom. The van der Waals surface area contributed by atoms with Crippen LogP contribution >= 0.6 is 11.3 Å². The smallest absolute Gasteiger partial charge is 0.343 e. The van der Waals surface area contributed by atoms with Gasteiger partial charge in [-0.3, -0.25) is 9.59 Å². The van der Waals surface area contributed by atoms with Gasteiger partial charge in [-0.15, -0.1) is 11.3 Å². The Kier molecular flexibility index (Phi) is 9.41. The molecule has 0 bridgehead atoms. The number of hydrazone groups is 1. The first-order valence-corrected chi connectivity index (χ1v) is 12.8. The van der Waals surface area contributed by atoms with Crippen molar-refractivity contribution in [2.45, 2.75) is 0 Å². The molecule has 0 aliphatic rings. The van der Waals surface area contributed by atoms with Crippen LogP contribution in [0.4, 0.5) is 0 Å². The highest BCUT2D eigenvalue weighted by Gasteiger charge is 2.16. The van der Waals surface area contributed by atoms with Crippen LogP contribution in [0, 0.1) is 0 Å². The number of amides is 2. The Labute approximate surface area is 234 Å². The van der Waals surface area contributed by atoms with Gasteiger partial charge in [0.05, 0.1) is 26.0 Å². The summed E-state index contributed by atoms with van der Waals surface area (Å²) in [7, 11) is 2.95. The molecule has 0 saturated heterocycles. The van der Waals surface area contributed by atoms with E-state index in [4.69, 9.17) is 14.2 Å². The lowest BCUT2D eigenvalue weighted by Crippen LogP contribution is -2.32. The number of hydrogen-bond acceptors (Lipinski definition) is 8. The van der Waals surface area contributed by atoms with Gasteiger partial charge in [-0.1, -0.05) is 30.3 Å². The molecule has 3 aromatic carbocycles. The molecule has 4 aromatic rings. The van der Waals surface area contributed by atoms with Crippen LogP contribution in [0.1, 0.15) is 31.2 Å². The minimum absolute atomic E-state index is 0.0332. The van der Waals surface area contributed by atoms with Gasteiger partial charge in [0.2, 0.25) is 0 Å². The number of rotatable bonds is 10. The van der Waals surface area contributed by atoms with E-state index >= 15 is 0 Å². The van der Waals surface area contributed by atoms with Gasteiger partial charge in [-0.25, -0.2) is 10.2 Å². The average Bonchev–Trinajstić information content (AvgIpc) is 3.51. The molecule has 0 radical (unpaired) electrons. The molecule has 2 N–H and O–H groups in total. The van der Waals surface area contributed by atoms with Gasteiger partial charge >= 0.3 is 5.97 Å². The lowest BCUT2D eigenvalue weighted by molar-refractivity contribution is -0.117. The van der Waals surface area contributed by atoms with Crippen molar-refractivity contribution in [2.24, 2.45) is 5.10 Å². The molecule has 0 unspecified atom stereocenters. The molecular weight excluding hydrogens is 530 g/mol. The molecule has 0 aliphatic carbocycles. The van der Waals surface area contributed by atoms with E-state index in [1.165, 1.54) is 31.8 Å². The number of hydrogen-bond donors (Lipinski definition) is 2. The van der Waals surface area contributed by atoms with Crippen LogP contribution in [0.15, 0.2) is 101 Å². The second-order valence-electron chi connectivity index (χ2n) is 8.12. The third-order valence-corrected chi connectivity index (χ3v) is 6.25. The highest BCUT2D eigenvalue weighted by molar-refractivity contribution is 7.10. The first kappa shape index (κ1) is 27.8. The van der Waals surface area contributed by atoms with Crippen molar-refractivity contribution in [1.29, 1.82) is 0 Å². The Morgan fingerprint density at radius 3 is 2.35 bits per heavy atom. The number of ether oxygens (including phenoxy) is 3.